The van der Waals surface area contributed by atoms with Crippen molar-refractivity contribution in [1.29, 1.82) is 0 Å². The fourth-order valence-electron chi connectivity index (χ4n) is 2.03. The molecule has 0 spiro atoms. The van der Waals surface area contributed by atoms with E-state index >= 15 is 0 Å². The second kappa shape index (κ2) is 5.63. The van der Waals surface area contributed by atoms with Crippen LogP contribution in [-0.2, 0) is 14.8 Å². The summed E-state index contributed by atoms with van der Waals surface area (Å²) in [6, 6.07) is -0.203. The highest BCUT2D eigenvalue weighted by Crippen LogP contribution is 2.23. The highest BCUT2D eigenvalue weighted by Gasteiger charge is 2.30. The molecule has 2 unspecified atom stereocenters. The molecular formula is C10H20N2O3S. The van der Waals surface area contributed by atoms with Gasteiger partial charge in [0.05, 0.1) is 11.7 Å². The first-order chi connectivity index (χ1) is 7.46. The van der Waals surface area contributed by atoms with Crippen LogP contribution in [0.1, 0.15) is 39.0 Å². The maximum Gasteiger partial charge on any atom is 0.238 e. The molecule has 16 heavy (non-hydrogen) atoms. The SMILES string of the molecule is CCCS(=O)(=O)NC(=O)C1CCCCC1N. The molecule has 1 aliphatic rings. The van der Waals surface area contributed by atoms with Crippen LogP contribution in [0.3, 0.4) is 0 Å². The van der Waals surface area contributed by atoms with Crippen LogP contribution in [-0.4, -0.2) is 26.1 Å². The second-order valence-corrected chi connectivity index (χ2v) is 6.18. The normalized spacial score (nSPS) is 26.4. The molecule has 0 saturated heterocycles. The van der Waals surface area contributed by atoms with Crippen molar-refractivity contribution in [3.8, 4) is 0 Å². The van der Waals surface area contributed by atoms with Gasteiger partial charge in [-0.15, -0.1) is 0 Å². The molecule has 1 saturated carbocycles. The summed E-state index contributed by atoms with van der Waals surface area (Å²) < 4.78 is 24.9. The van der Waals surface area contributed by atoms with E-state index < -0.39 is 15.9 Å². The van der Waals surface area contributed by atoms with Gasteiger partial charge >= 0.3 is 0 Å². The molecule has 0 aromatic carbocycles. The van der Waals surface area contributed by atoms with Crippen LogP contribution in [0.4, 0.5) is 0 Å². The van der Waals surface area contributed by atoms with Crippen molar-refractivity contribution in [2.75, 3.05) is 5.75 Å². The average Bonchev–Trinajstić information content (AvgIpc) is 2.17. The lowest BCUT2D eigenvalue weighted by molar-refractivity contribution is -0.124. The number of nitrogens with two attached hydrogens (primary N) is 1. The molecule has 1 amide bonds. The van der Waals surface area contributed by atoms with E-state index in [-0.39, 0.29) is 17.7 Å². The van der Waals surface area contributed by atoms with Gasteiger partial charge in [0.25, 0.3) is 0 Å². The molecule has 1 rings (SSSR count). The van der Waals surface area contributed by atoms with Crippen molar-refractivity contribution in [1.82, 2.24) is 4.72 Å². The highest BCUT2D eigenvalue weighted by molar-refractivity contribution is 7.90. The third-order valence-electron chi connectivity index (χ3n) is 2.89. The van der Waals surface area contributed by atoms with Gasteiger partial charge in [-0.2, -0.15) is 0 Å². The second-order valence-electron chi connectivity index (χ2n) is 4.34. The van der Waals surface area contributed by atoms with Crippen LogP contribution in [0.2, 0.25) is 0 Å². The van der Waals surface area contributed by atoms with E-state index in [1.807, 2.05) is 0 Å². The Hall–Kier alpha value is -0.620. The zero-order chi connectivity index (χ0) is 12.2. The zero-order valence-corrected chi connectivity index (χ0v) is 10.4. The monoisotopic (exact) mass is 248 g/mol. The van der Waals surface area contributed by atoms with Gasteiger partial charge in [-0.3, -0.25) is 9.52 Å². The van der Waals surface area contributed by atoms with Gasteiger partial charge in [0.2, 0.25) is 15.9 Å². The molecule has 0 heterocycles. The van der Waals surface area contributed by atoms with Crippen molar-refractivity contribution in [2.24, 2.45) is 11.7 Å². The minimum atomic E-state index is -3.46. The van der Waals surface area contributed by atoms with E-state index in [1.54, 1.807) is 6.92 Å². The van der Waals surface area contributed by atoms with Crippen LogP contribution in [0.25, 0.3) is 0 Å². The van der Waals surface area contributed by atoms with Gasteiger partial charge in [0, 0.05) is 6.04 Å². The van der Waals surface area contributed by atoms with E-state index in [0.29, 0.717) is 12.8 Å². The van der Waals surface area contributed by atoms with Crippen LogP contribution >= 0.6 is 0 Å². The zero-order valence-electron chi connectivity index (χ0n) is 9.61. The minimum absolute atomic E-state index is 0.0132. The Balaban J connectivity index is 2.57. The number of carbonyl (C=O) groups excluding carboxylic acids is 1. The molecular weight excluding hydrogens is 228 g/mol. The van der Waals surface area contributed by atoms with Crippen LogP contribution in [0.5, 0.6) is 0 Å². The van der Waals surface area contributed by atoms with E-state index in [0.717, 1.165) is 19.3 Å². The number of rotatable bonds is 4. The van der Waals surface area contributed by atoms with Crippen molar-refractivity contribution in [3.63, 3.8) is 0 Å². The number of sulfonamides is 1. The topological polar surface area (TPSA) is 89.3 Å². The van der Waals surface area contributed by atoms with Gasteiger partial charge in [-0.25, -0.2) is 8.42 Å². The summed E-state index contributed by atoms with van der Waals surface area (Å²) in [5.74, 6) is -0.790. The Labute approximate surface area is 96.8 Å². The maximum absolute atomic E-state index is 11.7. The largest absolute Gasteiger partial charge is 0.327 e. The number of amides is 1. The van der Waals surface area contributed by atoms with Crippen molar-refractivity contribution < 1.29 is 13.2 Å². The molecule has 0 aliphatic heterocycles. The van der Waals surface area contributed by atoms with E-state index in [9.17, 15) is 13.2 Å². The predicted molar refractivity (Wildman–Crippen MR) is 62.2 cm³/mol. The summed E-state index contributed by atoms with van der Waals surface area (Å²) in [4.78, 5) is 11.7. The summed E-state index contributed by atoms with van der Waals surface area (Å²) in [6.07, 6.45) is 3.95. The highest BCUT2D eigenvalue weighted by atomic mass is 32.2. The molecule has 6 heteroatoms. The van der Waals surface area contributed by atoms with Crippen LogP contribution in [0.15, 0.2) is 0 Å². The number of hydrogen-bond acceptors (Lipinski definition) is 4. The van der Waals surface area contributed by atoms with Gasteiger partial charge < -0.3 is 5.73 Å². The Kier molecular flexibility index (Phi) is 4.73. The lowest BCUT2D eigenvalue weighted by Crippen LogP contribution is -2.45. The molecule has 1 aliphatic carbocycles. The van der Waals surface area contributed by atoms with Gasteiger partial charge in [0.1, 0.15) is 0 Å². The van der Waals surface area contributed by atoms with E-state index in [2.05, 4.69) is 4.72 Å². The molecule has 3 N–H and O–H groups in total. The third-order valence-corrected chi connectivity index (χ3v) is 4.34. The summed E-state index contributed by atoms with van der Waals surface area (Å²) in [5, 5.41) is 0. The third kappa shape index (κ3) is 3.75. The van der Waals surface area contributed by atoms with Crippen molar-refractivity contribution in [2.45, 2.75) is 45.1 Å². The first kappa shape index (κ1) is 13.4. The lowest BCUT2D eigenvalue weighted by Gasteiger charge is -2.27. The summed E-state index contributed by atoms with van der Waals surface area (Å²) in [6.45, 7) is 1.76. The number of nitrogens with one attached hydrogen (secondary N) is 1. The van der Waals surface area contributed by atoms with Crippen molar-refractivity contribution in [3.05, 3.63) is 0 Å². The first-order valence-corrected chi connectivity index (χ1v) is 7.41. The summed E-state index contributed by atoms with van der Waals surface area (Å²) in [7, 11) is -3.46. The van der Waals surface area contributed by atoms with Gasteiger partial charge in [-0.05, 0) is 19.3 Å². The quantitative estimate of drug-likeness (QED) is 0.751. The molecule has 0 radical (unpaired) electrons. The van der Waals surface area contributed by atoms with Crippen LogP contribution in [0, 0.1) is 5.92 Å². The van der Waals surface area contributed by atoms with Crippen molar-refractivity contribution >= 4 is 15.9 Å². The molecule has 5 nitrogen and oxygen atoms in total. The maximum atomic E-state index is 11.7. The summed E-state index contributed by atoms with van der Waals surface area (Å²) >= 11 is 0. The van der Waals surface area contributed by atoms with E-state index in [4.69, 9.17) is 5.73 Å². The smallest absolute Gasteiger partial charge is 0.238 e. The molecule has 94 valence electrons. The number of carbonyl (C=O) groups is 1. The molecule has 0 bridgehead atoms. The predicted octanol–water partition coefficient (Wildman–Crippen LogP) is 0.360. The average molecular weight is 248 g/mol. The van der Waals surface area contributed by atoms with E-state index in [1.165, 1.54) is 0 Å². The molecule has 0 aromatic rings. The number of hydrogen-bond donors (Lipinski definition) is 2. The summed E-state index contributed by atoms with van der Waals surface area (Å²) in [5.41, 5.74) is 5.82. The Bertz CT molecular complexity index is 340. The first-order valence-electron chi connectivity index (χ1n) is 5.76. The Morgan fingerprint density at radius 3 is 2.56 bits per heavy atom. The molecule has 2 atom stereocenters. The Morgan fingerprint density at radius 2 is 2.00 bits per heavy atom. The lowest BCUT2D eigenvalue weighted by atomic mass is 9.85. The van der Waals surface area contributed by atoms with Gasteiger partial charge in [-0.1, -0.05) is 19.8 Å². The van der Waals surface area contributed by atoms with Gasteiger partial charge in [0.15, 0.2) is 0 Å². The fraction of sp³-hybridized carbons (Fsp3) is 0.900. The Morgan fingerprint density at radius 1 is 1.38 bits per heavy atom. The standard InChI is InChI=1S/C10H20N2O3S/c1-2-7-16(14,15)12-10(13)8-5-3-4-6-9(8)11/h8-9H,2-7,11H2,1H3,(H,12,13). The minimum Gasteiger partial charge on any atom is -0.327 e. The fourth-order valence-corrected chi connectivity index (χ4v) is 3.13. The molecule has 1 fully saturated rings. The molecule has 0 aromatic heterocycles. The van der Waals surface area contributed by atoms with Crippen LogP contribution < -0.4 is 10.5 Å².